The van der Waals surface area contributed by atoms with Gasteiger partial charge in [-0.15, -0.1) is 0 Å². The predicted octanol–water partition coefficient (Wildman–Crippen LogP) is 6.59. The van der Waals surface area contributed by atoms with E-state index in [1.165, 1.54) is 24.8 Å². The molecule has 0 nitrogen and oxygen atoms in total. The summed E-state index contributed by atoms with van der Waals surface area (Å²) < 4.78 is 0. The number of fused-ring (bicyclic) bond motifs is 6. The minimum absolute atomic E-state index is 0.403. The first kappa shape index (κ1) is 15.7. The summed E-state index contributed by atoms with van der Waals surface area (Å²) in [6.07, 6.45) is 10.0. The van der Waals surface area contributed by atoms with Crippen molar-refractivity contribution in [2.75, 3.05) is 0 Å². The first-order valence-electron chi connectivity index (χ1n) is 10.2. The van der Waals surface area contributed by atoms with Gasteiger partial charge >= 0.3 is 0 Å². The number of rotatable bonds is 0. The Balaban J connectivity index is 1.79. The van der Waals surface area contributed by atoms with Crippen molar-refractivity contribution in [3.8, 4) is 0 Å². The summed E-state index contributed by atoms with van der Waals surface area (Å²) in [7, 11) is 0. The number of hydrogen-bond donors (Lipinski definition) is 0. The van der Waals surface area contributed by atoms with Gasteiger partial charge in [0.15, 0.2) is 0 Å². The van der Waals surface area contributed by atoms with Crippen molar-refractivity contribution in [3.63, 3.8) is 0 Å². The molecule has 0 bridgehead atoms. The van der Waals surface area contributed by atoms with E-state index in [2.05, 4.69) is 64.1 Å². The van der Waals surface area contributed by atoms with E-state index in [1.807, 2.05) is 5.57 Å². The van der Waals surface area contributed by atoms with Crippen LogP contribution < -0.4 is 0 Å². The summed E-state index contributed by atoms with van der Waals surface area (Å²) in [4.78, 5) is 0. The summed E-state index contributed by atoms with van der Waals surface area (Å²) in [5.74, 6) is 3.03. The second-order valence-electron chi connectivity index (χ2n) is 9.47. The minimum atomic E-state index is 0.403. The fraction of sp³-hybridized carbons (Fsp3) is 0.520. The number of allylic oxidation sites excluding steroid dienone is 6. The van der Waals surface area contributed by atoms with Crippen LogP contribution in [0, 0.1) is 29.1 Å². The average molecular weight is 331 g/mol. The minimum Gasteiger partial charge on any atom is -0.0842 e. The fourth-order valence-electron chi connectivity index (χ4n) is 6.21. The lowest BCUT2D eigenvalue weighted by molar-refractivity contribution is 0.0789. The van der Waals surface area contributed by atoms with Crippen molar-refractivity contribution in [1.82, 2.24) is 0 Å². The second-order valence-corrected chi connectivity index (χ2v) is 9.47. The maximum Gasteiger partial charge on any atom is -0.00136 e. The molecular weight excluding hydrogens is 300 g/mol. The van der Waals surface area contributed by atoms with E-state index in [0.29, 0.717) is 11.3 Å². The molecule has 4 unspecified atom stereocenters. The third-order valence-electron chi connectivity index (χ3n) is 8.28. The van der Waals surface area contributed by atoms with Crippen LogP contribution in [-0.2, 0) is 6.42 Å². The highest BCUT2D eigenvalue weighted by atomic mass is 14.5. The van der Waals surface area contributed by atoms with Crippen LogP contribution >= 0.6 is 0 Å². The molecule has 4 aliphatic rings. The third-order valence-corrected chi connectivity index (χ3v) is 8.28. The molecule has 1 fully saturated rings. The predicted molar refractivity (Wildman–Crippen MR) is 106 cm³/mol. The second kappa shape index (κ2) is 5.22. The summed E-state index contributed by atoms with van der Waals surface area (Å²) in [5.41, 5.74) is 10.3. The number of benzene rings is 1. The summed E-state index contributed by atoms with van der Waals surface area (Å²) >= 11 is 0. The molecule has 0 heterocycles. The van der Waals surface area contributed by atoms with Gasteiger partial charge in [-0.3, -0.25) is 0 Å². The molecule has 1 aromatic rings. The molecule has 0 heteroatoms. The van der Waals surface area contributed by atoms with Gasteiger partial charge in [-0.2, -0.15) is 0 Å². The molecule has 1 aromatic carbocycles. The zero-order valence-electron chi connectivity index (χ0n) is 16.1. The van der Waals surface area contributed by atoms with E-state index in [4.69, 9.17) is 0 Å². The van der Waals surface area contributed by atoms with Crippen LogP contribution in [0.1, 0.15) is 58.1 Å². The molecule has 0 radical (unpaired) electrons. The smallest absolute Gasteiger partial charge is 0.00136 e. The van der Waals surface area contributed by atoms with E-state index >= 15 is 0 Å². The molecule has 25 heavy (non-hydrogen) atoms. The summed E-state index contributed by atoms with van der Waals surface area (Å²) in [6.45, 7) is 10.0. The normalized spacial score (nSPS) is 35.2. The van der Waals surface area contributed by atoms with Crippen molar-refractivity contribution < 1.29 is 0 Å². The van der Waals surface area contributed by atoms with Gasteiger partial charge < -0.3 is 0 Å². The lowest BCUT2D eigenvalue weighted by Gasteiger charge is -2.52. The van der Waals surface area contributed by atoms with Crippen LogP contribution in [-0.4, -0.2) is 0 Å². The molecule has 0 N–H and O–H groups in total. The van der Waals surface area contributed by atoms with Crippen LogP contribution in [0.3, 0.4) is 0 Å². The van der Waals surface area contributed by atoms with Crippen LogP contribution in [0.5, 0.6) is 0 Å². The first-order chi connectivity index (χ1) is 12.0. The Bertz CT molecular complexity index is 829. The first-order valence-corrected chi connectivity index (χ1v) is 10.2. The molecule has 0 aromatic heterocycles. The molecule has 130 valence electrons. The van der Waals surface area contributed by atoms with Crippen molar-refractivity contribution in [1.29, 1.82) is 0 Å². The van der Waals surface area contributed by atoms with E-state index < -0.39 is 0 Å². The number of hydrogen-bond acceptors (Lipinski definition) is 0. The molecule has 5 rings (SSSR count). The van der Waals surface area contributed by atoms with Gasteiger partial charge in [0.25, 0.3) is 0 Å². The maximum absolute atomic E-state index is 2.52. The van der Waals surface area contributed by atoms with Gasteiger partial charge in [0.1, 0.15) is 0 Å². The highest BCUT2D eigenvalue weighted by Crippen LogP contribution is 2.61. The molecule has 4 aliphatic carbocycles. The fourth-order valence-corrected chi connectivity index (χ4v) is 6.21. The van der Waals surface area contributed by atoms with E-state index in [1.54, 1.807) is 22.3 Å². The summed E-state index contributed by atoms with van der Waals surface area (Å²) in [5, 5.41) is 0. The van der Waals surface area contributed by atoms with Crippen molar-refractivity contribution in [3.05, 3.63) is 64.3 Å². The Labute approximate surface area is 152 Å². The van der Waals surface area contributed by atoms with Gasteiger partial charge in [-0.1, -0.05) is 69.7 Å². The summed E-state index contributed by atoms with van der Waals surface area (Å²) in [6, 6.07) is 9.16. The maximum atomic E-state index is 2.52. The zero-order chi connectivity index (χ0) is 17.3. The van der Waals surface area contributed by atoms with E-state index in [-0.39, 0.29) is 0 Å². The standard InChI is InChI=1S/C25H30/c1-15-13-21-19-11-7-8-12-20(19)24-18-10-6-5-9-17(18)14-22(24)23(21)16(2)25(15,3)4/h5-6,8-10,12,15-16,19,21H,7,11,13-14H2,1-4H3. The van der Waals surface area contributed by atoms with Crippen LogP contribution in [0.15, 0.2) is 53.1 Å². The molecule has 0 aliphatic heterocycles. The third kappa shape index (κ3) is 2.00. The van der Waals surface area contributed by atoms with Crippen molar-refractivity contribution in [2.45, 2.75) is 53.4 Å². The molecule has 0 spiro atoms. The SMILES string of the molecule is CC1CC2C(=C3Cc4ccccc4C3=C3C=CCCC32)C(C)C1(C)C. The molecule has 1 saturated carbocycles. The molecule has 0 saturated heterocycles. The monoisotopic (exact) mass is 330 g/mol. The van der Waals surface area contributed by atoms with Crippen LogP contribution in [0.4, 0.5) is 0 Å². The highest BCUT2D eigenvalue weighted by molar-refractivity contribution is 5.91. The quantitative estimate of drug-likeness (QED) is 0.503. The average Bonchev–Trinajstić information content (AvgIpc) is 2.99. The molecular formula is C25H30. The Morgan fingerprint density at radius 2 is 1.84 bits per heavy atom. The molecule has 4 atom stereocenters. The lowest BCUT2D eigenvalue weighted by atomic mass is 9.52. The Morgan fingerprint density at radius 3 is 2.68 bits per heavy atom. The highest BCUT2D eigenvalue weighted by Gasteiger charge is 2.49. The van der Waals surface area contributed by atoms with Gasteiger partial charge in [0.2, 0.25) is 0 Å². The van der Waals surface area contributed by atoms with Crippen LogP contribution in [0.25, 0.3) is 5.57 Å². The Kier molecular flexibility index (Phi) is 3.28. The topological polar surface area (TPSA) is 0 Å². The van der Waals surface area contributed by atoms with Gasteiger partial charge in [0.05, 0.1) is 0 Å². The zero-order valence-corrected chi connectivity index (χ0v) is 16.1. The van der Waals surface area contributed by atoms with E-state index in [0.717, 1.165) is 24.2 Å². The van der Waals surface area contributed by atoms with Crippen molar-refractivity contribution in [2.24, 2.45) is 29.1 Å². The lowest BCUT2D eigenvalue weighted by Crippen LogP contribution is -2.43. The van der Waals surface area contributed by atoms with Crippen LogP contribution in [0.2, 0.25) is 0 Å². The Hall–Kier alpha value is -1.56. The van der Waals surface area contributed by atoms with Crippen molar-refractivity contribution >= 4 is 5.57 Å². The van der Waals surface area contributed by atoms with Gasteiger partial charge in [-0.25, -0.2) is 0 Å². The van der Waals surface area contributed by atoms with Gasteiger partial charge in [-0.05, 0) is 82.6 Å². The van der Waals surface area contributed by atoms with E-state index in [9.17, 15) is 0 Å². The Morgan fingerprint density at radius 1 is 1.04 bits per heavy atom. The van der Waals surface area contributed by atoms with Gasteiger partial charge in [0, 0.05) is 0 Å². The molecule has 0 amide bonds. The largest absolute Gasteiger partial charge is 0.0842 e.